The average Bonchev–Trinajstić information content (AvgIpc) is 2.84. The number of amides is 1. The summed E-state index contributed by atoms with van der Waals surface area (Å²) in [6.45, 7) is 1.75. The molecule has 0 radical (unpaired) electrons. The Kier molecular flexibility index (Phi) is 4.59. The third-order valence-corrected chi connectivity index (χ3v) is 5.11. The highest BCUT2D eigenvalue weighted by atomic mass is 79.9. The Balaban J connectivity index is 1.91. The van der Waals surface area contributed by atoms with Crippen LogP contribution in [0.5, 0.6) is 0 Å². The Morgan fingerprint density at radius 3 is 2.24 bits per heavy atom. The molecule has 25 heavy (non-hydrogen) atoms. The molecule has 0 bridgehead atoms. The van der Waals surface area contributed by atoms with Crippen LogP contribution in [0.25, 0.3) is 6.08 Å². The molecule has 0 spiro atoms. The monoisotopic (exact) mass is 419 g/mol. The van der Waals surface area contributed by atoms with Crippen molar-refractivity contribution in [2.24, 2.45) is 10.2 Å². The van der Waals surface area contributed by atoms with Gasteiger partial charge in [0.1, 0.15) is 0 Å². The zero-order chi connectivity index (χ0) is 18.2. The van der Waals surface area contributed by atoms with E-state index in [-0.39, 0.29) is 10.8 Å². The van der Waals surface area contributed by atoms with E-state index in [9.17, 15) is 13.2 Å². The van der Waals surface area contributed by atoms with Gasteiger partial charge in [-0.05, 0) is 55.0 Å². The second-order valence-corrected chi connectivity index (χ2v) is 7.93. The highest BCUT2D eigenvalue weighted by molar-refractivity contribution is 9.10. The van der Waals surface area contributed by atoms with Crippen molar-refractivity contribution in [2.75, 3.05) is 5.01 Å². The fourth-order valence-electron chi connectivity index (χ4n) is 2.36. The number of hydrogen-bond donors (Lipinski definition) is 1. The summed E-state index contributed by atoms with van der Waals surface area (Å²) in [6, 6.07) is 13.2. The number of primary sulfonamides is 1. The number of carbonyl (C=O) groups is 1. The molecule has 2 aromatic rings. The Morgan fingerprint density at radius 1 is 1.08 bits per heavy atom. The van der Waals surface area contributed by atoms with Gasteiger partial charge in [0.2, 0.25) is 10.0 Å². The molecule has 0 aromatic heterocycles. The maximum absolute atomic E-state index is 12.7. The molecule has 8 heteroatoms. The van der Waals surface area contributed by atoms with Crippen LogP contribution >= 0.6 is 15.9 Å². The van der Waals surface area contributed by atoms with Crippen LogP contribution in [-0.2, 0) is 14.8 Å². The zero-order valence-corrected chi connectivity index (χ0v) is 15.6. The maximum atomic E-state index is 12.7. The van der Waals surface area contributed by atoms with Gasteiger partial charge in [-0.2, -0.15) is 10.1 Å². The van der Waals surface area contributed by atoms with Gasteiger partial charge in [0, 0.05) is 4.47 Å². The standard InChI is InChI=1S/C17H14BrN3O3S/c1-11-16(10-12-2-4-13(18)5-3-12)17(22)21(20-11)14-6-8-15(9-7-14)25(19,23)24/h2-10H,1H3,(H2,19,23,24)/b16-10-. The predicted molar refractivity (Wildman–Crippen MR) is 101 cm³/mol. The van der Waals surface area contributed by atoms with E-state index in [1.54, 1.807) is 13.0 Å². The third kappa shape index (κ3) is 3.71. The van der Waals surface area contributed by atoms with E-state index in [4.69, 9.17) is 5.14 Å². The summed E-state index contributed by atoms with van der Waals surface area (Å²) >= 11 is 3.37. The lowest BCUT2D eigenvalue weighted by Gasteiger charge is -2.12. The number of halogens is 1. The first kappa shape index (κ1) is 17.5. The number of benzene rings is 2. The van der Waals surface area contributed by atoms with Gasteiger partial charge >= 0.3 is 0 Å². The number of rotatable bonds is 3. The molecule has 2 aromatic carbocycles. The molecule has 0 fully saturated rings. The number of nitrogens with two attached hydrogens (primary N) is 1. The predicted octanol–water partition coefficient (Wildman–Crippen LogP) is 2.90. The molecule has 2 N–H and O–H groups in total. The van der Waals surface area contributed by atoms with Crippen LogP contribution in [0.1, 0.15) is 12.5 Å². The molecule has 3 rings (SSSR count). The molecule has 0 atom stereocenters. The molecular weight excluding hydrogens is 406 g/mol. The van der Waals surface area contributed by atoms with Crippen LogP contribution in [0.15, 0.2) is 68.6 Å². The molecule has 1 aliphatic heterocycles. The van der Waals surface area contributed by atoms with Gasteiger partial charge in [0.25, 0.3) is 5.91 Å². The fraction of sp³-hybridized carbons (Fsp3) is 0.0588. The van der Waals surface area contributed by atoms with Crippen LogP contribution in [0.2, 0.25) is 0 Å². The van der Waals surface area contributed by atoms with Gasteiger partial charge in [-0.15, -0.1) is 0 Å². The quantitative estimate of drug-likeness (QED) is 0.774. The highest BCUT2D eigenvalue weighted by Crippen LogP contribution is 2.26. The molecule has 6 nitrogen and oxygen atoms in total. The van der Waals surface area contributed by atoms with E-state index in [0.717, 1.165) is 10.0 Å². The Hall–Kier alpha value is -2.29. The number of carbonyl (C=O) groups excluding carboxylic acids is 1. The number of nitrogens with zero attached hydrogens (tertiary/aromatic N) is 2. The van der Waals surface area contributed by atoms with Gasteiger partial charge in [-0.3, -0.25) is 4.79 Å². The summed E-state index contributed by atoms with van der Waals surface area (Å²) < 4.78 is 23.6. The van der Waals surface area contributed by atoms with Gasteiger partial charge in [0.05, 0.1) is 21.9 Å². The van der Waals surface area contributed by atoms with E-state index in [2.05, 4.69) is 21.0 Å². The van der Waals surface area contributed by atoms with Gasteiger partial charge in [0.15, 0.2) is 0 Å². The summed E-state index contributed by atoms with van der Waals surface area (Å²) in [5.41, 5.74) is 2.42. The van der Waals surface area contributed by atoms with E-state index in [1.807, 2.05) is 24.3 Å². The van der Waals surface area contributed by atoms with Crippen molar-refractivity contribution in [3.8, 4) is 0 Å². The van der Waals surface area contributed by atoms with Crippen molar-refractivity contribution >= 4 is 49.3 Å². The van der Waals surface area contributed by atoms with E-state index in [1.165, 1.54) is 29.3 Å². The molecule has 0 saturated heterocycles. The first-order valence-electron chi connectivity index (χ1n) is 7.26. The lowest BCUT2D eigenvalue weighted by Crippen LogP contribution is -2.21. The molecule has 1 aliphatic rings. The number of anilines is 1. The van der Waals surface area contributed by atoms with Gasteiger partial charge in [-0.1, -0.05) is 28.1 Å². The topological polar surface area (TPSA) is 92.8 Å². The van der Waals surface area contributed by atoms with Crippen molar-refractivity contribution in [1.82, 2.24) is 0 Å². The van der Waals surface area contributed by atoms with E-state index >= 15 is 0 Å². The van der Waals surface area contributed by atoms with E-state index in [0.29, 0.717) is 17.0 Å². The molecule has 0 aliphatic carbocycles. The van der Waals surface area contributed by atoms with Crippen LogP contribution in [0, 0.1) is 0 Å². The van der Waals surface area contributed by atoms with Crippen molar-refractivity contribution in [2.45, 2.75) is 11.8 Å². The smallest absolute Gasteiger partial charge is 0.267 e. The van der Waals surface area contributed by atoms with Crippen LogP contribution in [-0.4, -0.2) is 20.0 Å². The minimum atomic E-state index is -3.78. The Bertz CT molecular complexity index is 994. The largest absolute Gasteiger partial charge is 0.280 e. The van der Waals surface area contributed by atoms with Gasteiger partial charge < -0.3 is 0 Å². The van der Waals surface area contributed by atoms with Crippen molar-refractivity contribution in [1.29, 1.82) is 0 Å². The van der Waals surface area contributed by atoms with Gasteiger partial charge in [-0.25, -0.2) is 13.6 Å². The molecule has 0 saturated carbocycles. The summed E-state index contributed by atoms with van der Waals surface area (Å²) in [6.07, 6.45) is 1.77. The normalized spacial score (nSPS) is 16.4. The lowest BCUT2D eigenvalue weighted by molar-refractivity contribution is -0.114. The Labute approximate surface area is 153 Å². The summed E-state index contributed by atoms with van der Waals surface area (Å²) in [5.74, 6) is -0.274. The minimum absolute atomic E-state index is 0.0192. The second-order valence-electron chi connectivity index (χ2n) is 5.45. The second kappa shape index (κ2) is 6.55. The minimum Gasteiger partial charge on any atom is -0.267 e. The molecule has 128 valence electrons. The van der Waals surface area contributed by atoms with Crippen LogP contribution < -0.4 is 10.1 Å². The molecule has 0 unspecified atom stereocenters. The summed E-state index contributed by atoms with van der Waals surface area (Å²) in [4.78, 5) is 12.6. The number of sulfonamides is 1. The maximum Gasteiger partial charge on any atom is 0.280 e. The first-order valence-corrected chi connectivity index (χ1v) is 9.60. The Morgan fingerprint density at radius 2 is 1.68 bits per heavy atom. The van der Waals surface area contributed by atoms with Crippen LogP contribution in [0.3, 0.4) is 0 Å². The van der Waals surface area contributed by atoms with E-state index < -0.39 is 10.0 Å². The number of hydrogen-bond acceptors (Lipinski definition) is 4. The SMILES string of the molecule is CC1=NN(c2ccc(S(N)(=O)=O)cc2)C(=O)/C1=C\c1ccc(Br)cc1. The molecule has 1 amide bonds. The first-order chi connectivity index (χ1) is 11.8. The van der Waals surface area contributed by atoms with Crippen molar-refractivity contribution in [3.63, 3.8) is 0 Å². The highest BCUT2D eigenvalue weighted by Gasteiger charge is 2.28. The molecular formula is C17H14BrN3O3S. The summed E-state index contributed by atoms with van der Waals surface area (Å²) in [5, 5.41) is 10.6. The zero-order valence-electron chi connectivity index (χ0n) is 13.2. The molecule has 1 heterocycles. The van der Waals surface area contributed by atoms with Crippen LogP contribution in [0.4, 0.5) is 5.69 Å². The summed E-state index contributed by atoms with van der Waals surface area (Å²) in [7, 11) is -3.78. The van der Waals surface area contributed by atoms with Crippen molar-refractivity contribution < 1.29 is 13.2 Å². The average molecular weight is 420 g/mol. The fourth-order valence-corrected chi connectivity index (χ4v) is 3.14. The number of hydrazone groups is 1. The van der Waals surface area contributed by atoms with Crippen molar-refractivity contribution in [3.05, 3.63) is 64.1 Å². The third-order valence-electron chi connectivity index (χ3n) is 3.65. The lowest BCUT2D eigenvalue weighted by atomic mass is 10.1.